The molecule has 120 valence electrons. The van der Waals surface area contributed by atoms with Crippen LogP contribution in [0.1, 0.15) is 17.2 Å². The minimum absolute atomic E-state index is 0.00198. The SMILES string of the molecule is O=C(N[C@@H](C(=O)O)[C@H](O)c1cccnc1)OCc1ccccc1. The monoisotopic (exact) mass is 316 g/mol. The number of rotatable bonds is 6. The van der Waals surface area contributed by atoms with Gasteiger partial charge in [0.2, 0.25) is 0 Å². The number of aliphatic hydroxyl groups excluding tert-OH is 1. The van der Waals surface area contributed by atoms with E-state index in [1.807, 2.05) is 6.07 Å². The highest BCUT2D eigenvalue weighted by Crippen LogP contribution is 2.16. The van der Waals surface area contributed by atoms with Crippen molar-refractivity contribution in [2.45, 2.75) is 18.8 Å². The third-order valence-electron chi connectivity index (χ3n) is 3.09. The lowest BCUT2D eigenvalue weighted by Crippen LogP contribution is -2.45. The Labute approximate surface area is 132 Å². The molecule has 0 saturated heterocycles. The Kier molecular flexibility index (Phi) is 5.65. The topological polar surface area (TPSA) is 109 Å². The smallest absolute Gasteiger partial charge is 0.408 e. The average molecular weight is 316 g/mol. The van der Waals surface area contributed by atoms with Crippen LogP contribution in [-0.2, 0) is 16.1 Å². The molecule has 7 heteroatoms. The molecular weight excluding hydrogens is 300 g/mol. The Morgan fingerprint density at radius 2 is 1.91 bits per heavy atom. The van der Waals surface area contributed by atoms with Gasteiger partial charge in [-0.2, -0.15) is 0 Å². The maximum absolute atomic E-state index is 11.7. The zero-order chi connectivity index (χ0) is 16.7. The highest BCUT2D eigenvalue weighted by molar-refractivity contribution is 5.80. The molecule has 0 radical (unpaired) electrons. The number of carbonyl (C=O) groups excluding carboxylic acids is 1. The molecule has 2 rings (SSSR count). The van der Waals surface area contributed by atoms with Crippen molar-refractivity contribution in [2.24, 2.45) is 0 Å². The van der Waals surface area contributed by atoms with E-state index in [2.05, 4.69) is 10.3 Å². The number of carboxylic acids is 1. The summed E-state index contributed by atoms with van der Waals surface area (Å²) in [5.41, 5.74) is 1.05. The van der Waals surface area contributed by atoms with Crippen LogP contribution in [0, 0.1) is 0 Å². The molecule has 2 aromatic rings. The van der Waals surface area contributed by atoms with Crippen LogP contribution in [0.15, 0.2) is 54.9 Å². The first-order chi connectivity index (χ1) is 11.1. The molecule has 1 aromatic carbocycles. The molecular formula is C16H16N2O5. The number of aliphatic hydroxyl groups is 1. The third kappa shape index (κ3) is 4.79. The first-order valence-corrected chi connectivity index (χ1v) is 6.86. The van der Waals surface area contributed by atoms with Gasteiger partial charge in [-0.25, -0.2) is 9.59 Å². The van der Waals surface area contributed by atoms with Crippen LogP contribution in [0.2, 0.25) is 0 Å². The van der Waals surface area contributed by atoms with Crippen LogP contribution in [0.4, 0.5) is 4.79 Å². The third-order valence-corrected chi connectivity index (χ3v) is 3.09. The lowest BCUT2D eigenvalue weighted by Gasteiger charge is -2.20. The standard InChI is InChI=1S/C16H16N2O5/c19-14(12-7-4-8-17-9-12)13(15(20)21)18-16(22)23-10-11-5-2-1-3-6-11/h1-9,13-14,19H,10H2,(H,18,22)(H,20,21)/t13-,14-/m1/s1. The van der Waals surface area contributed by atoms with Crippen molar-refractivity contribution in [2.75, 3.05) is 0 Å². The number of hydrogen-bond acceptors (Lipinski definition) is 5. The summed E-state index contributed by atoms with van der Waals surface area (Å²) in [6, 6.07) is 10.5. The van der Waals surface area contributed by atoms with Gasteiger partial charge in [-0.3, -0.25) is 4.98 Å². The van der Waals surface area contributed by atoms with Crippen molar-refractivity contribution in [1.29, 1.82) is 0 Å². The number of carbonyl (C=O) groups is 2. The Morgan fingerprint density at radius 1 is 1.17 bits per heavy atom. The number of nitrogens with zero attached hydrogens (tertiary/aromatic N) is 1. The second-order valence-corrected chi connectivity index (χ2v) is 4.75. The summed E-state index contributed by atoms with van der Waals surface area (Å²) in [4.78, 5) is 26.8. The van der Waals surface area contributed by atoms with E-state index in [9.17, 15) is 19.8 Å². The number of ether oxygens (including phenoxy) is 1. The summed E-state index contributed by atoms with van der Waals surface area (Å²) in [7, 11) is 0. The predicted molar refractivity (Wildman–Crippen MR) is 80.4 cm³/mol. The number of carboxylic acid groups (broad SMARTS) is 1. The number of benzene rings is 1. The van der Waals surface area contributed by atoms with Crippen LogP contribution in [-0.4, -0.2) is 33.3 Å². The Hall–Kier alpha value is -2.93. The average Bonchev–Trinajstić information content (AvgIpc) is 2.58. The molecule has 0 aliphatic carbocycles. The van der Waals surface area contributed by atoms with Crippen molar-refractivity contribution in [3.05, 3.63) is 66.0 Å². The van der Waals surface area contributed by atoms with E-state index in [1.54, 1.807) is 30.3 Å². The minimum atomic E-state index is -1.54. The van der Waals surface area contributed by atoms with E-state index in [-0.39, 0.29) is 12.2 Å². The molecule has 7 nitrogen and oxygen atoms in total. The van der Waals surface area contributed by atoms with Gasteiger partial charge >= 0.3 is 12.1 Å². The second kappa shape index (κ2) is 7.90. The number of hydrogen-bond donors (Lipinski definition) is 3. The van der Waals surface area contributed by atoms with Gasteiger partial charge in [-0.05, 0) is 11.6 Å². The zero-order valence-electron chi connectivity index (χ0n) is 12.1. The zero-order valence-corrected chi connectivity index (χ0v) is 12.1. The van der Waals surface area contributed by atoms with E-state index in [4.69, 9.17) is 4.74 Å². The number of nitrogens with one attached hydrogen (secondary N) is 1. The predicted octanol–water partition coefficient (Wildman–Crippen LogP) is 1.49. The summed E-state index contributed by atoms with van der Waals surface area (Å²) in [6.07, 6.45) is 0.458. The lowest BCUT2D eigenvalue weighted by molar-refractivity contribution is -0.142. The highest BCUT2D eigenvalue weighted by atomic mass is 16.5. The number of amides is 1. The van der Waals surface area contributed by atoms with Crippen LogP contribution >= 0.6 is 0 Å². The van der Waals surface area contributed by atoms with Gasteiger partial charge < -0.3 is 20.3 Å². The number of pyridine rings is 1. The second-order valence-electron chi connectivity index (χ2n) is 4.75. The van der Waals surface area contributed by atoms with E-state index >= 15 is 0 Å². The maximum Gasteiger partial charge on any atom is 0.408 e. The van der Waals surface area contributed by atoms with Crippen molar-refractivity contribution in [1.82, 2.24) is 10.3 Å². The van der Waals surface area contributed by atoms with Gasteiger partial charge in [0, 0.05) is 18.0 Å². The Balaban J connectivity index is 1.96. The first-order valence-electron chi connectivity index (χ1n) is 6.86. The molecule has 0 spiro atoms. The molecule has 0 bridgehead atoms. The van der Waals surface area contributed by atoms with E-state index < -0.39 is 24.2 Å². The number of alkyl carbamates (subject to hydrolysis) is 1. The van der Waals surface area contributed by atoms with Gasteiger partial charge in [0.05, 0.1) is 0 Å². The summed E-state index contributed by atoms with van der Waals surface area (Å²) in [5.74, 6) is -1.38. The molecule has 1 aromatic heterocycles. The Bertz CT molecular complexity index is 648. The lowest BCUT2D eigenvalue weighted by atomic mass is 10.0. The van der Waals surface area contributed by atoms with Gasteiger partial charge in [-0.1, -0.05) is 36.4 Å². The molecule has 1 heterocycles. The van der Waals surface area contributed by atoms with Crippen molar-refractivity contribution >= 4 is 12.1 Å². The van der Waals surface area contributed by atoms with Crippen LogP contribution < -0.4 is 5.32 Å². The molecule has 0 unspecified atom stereocenters. The molecule has 0 aliphatic rings. The fraction of sp³-hybridized carbons (Fsp3) is 0.188. The molecule has 23 heavy (non-hydrogen) atoms. The summed E-state index contributed by atoms with van der Waals surface area (Å²) in [5, 5.41) is 21.4. The van der Waals surface area contributed by atoms with Crippen LogP contribution in [0.3, 0.4) is 0 Å². The molecule has 1 amide bonds. The fourth-order valence-electron chi connectivity index (χ4n) is 1.91. The quantitative estimate of drug-likeness (QED) is 0.745. The molecule has 0 fully saturated rings. The van der Waals surface area contributed by atoms with Crippen molar-refractivity contribution in [3.8, 4) is 0 Å². The Morgan fingerprint density at radius 3 is 2.52 bits per heavy atom. The first kappa shape index (κ1) is 16.4. The van der Waals surface area contributed by atoms with Crippen molar-refractivity contribution in [3.63, 3.8) is 0 Å². The van der Waals surface area contributed by atoms with E-state index in [0.717, 1.165) is 5.56 Å². The summed E-state index contributed by atoms with van der Waals surface area (Å²) >= 11 is 0. The molecule has 0 saturated carbocycles. The van der Waals surface area contributed by atoms with Crippen LogP contribution in [0.5, 0.6) is 0 Å². The summed E-state index contributed by atoms with van der Waals surface area (Å²) < 4.78 is 4.95. The minimum Gasteiger partial charge on any atom is -0.480 e. The van der Waals surface area contributed by atoms with Gasteiger partial charge in [-0.15, -0.1) is 0 Å². The van der Waals surface area contributed by atoms with Crippen LogP contribution in [0.25, 0.3) is 0 Å². The van der Waals surface area contributed by atoms with E-state index in [1.165, 1.54) is 18.5 Å². The fourth-order valence-corrected chi connectivity index (χ4v) is 1.91. The van der Waals surface area contributed by atoms with Gasteiger partial charge in [0.15, 0.2) is 6.04 Å². The normalized spacial score (nSPS) is 12.9. The largest absolute Gasteiger partial charge is 0.480 e. The molecule has 3 N–H and O–H groups in total. The maximum atomic E-state index is 11.7. The van der Waals surface area contributed by atoms with Gasteiger partial charge in [0.1, 0.15) is 12.7 Å². The molecule has 0 aliphatic heterocycles. The summed E-state index contributed by atoms with van der Waals surface area (Å²) in [6.45, 7) is 0.00198. The highest BCUT2D eigenvalue weighted by Gasteiger charge is 2.30. The van der Waals surface area contributed by atoms with Gasteiger partial charge in [0.25, 0.3) is 0 Å². The van der Waals surface area contributed by atoms with E-state index in [0.29, 0.717) is 0 Å². The number of aromatic nitrogens is 1. The molecule has 2 atom stereocenters. The number of aliphatic carboxylic acids is 1. The van der Waals surface area contributed by atoms with Crippen molar-refractivity contribution < 1.29 is 24.5 Å².